The van der Waals surface area contributed by atoms with Gasteiger partial charge in [-0.05, 0) is 42.2 Å². The number of nitrogens with zero attached hydrogens (tertiary/aromatic N) is 5. The maximum atomic E-state index is 13.8. The van der Waals surface area contributed by atoms with Gasteiger partial charge in [0, 0.05) is 28.9 Å². The van der Waals surface area contributed by atoms with Gasteiger partial charge in [-0.1, -0.05) is 60.7 Å². The van der Waals surface area contributed by atoms with Gasteiger partial charge in [-0.25, -0.2) is 9.79 Å². The molecular formula is C27H24N8O2. The average Bonchev–Trinajstić information content (AvgIpc) is 3.60. The fourth-order valence-electron chi connectivity index (χ4n) is 4.41. The van der Waals surface area contributed by atoms with Crippen LogP contribution >= 0.6 is 0 Å². The van der Waals surface area contributed by atoms with Crippen LogP contribution in [0.1, 0.15) is 24.0 Å². The molecule has 1 aromatic heterocycles. The van der Waals surface area contributed by atoms with E-state index in [2.05, 4.69) is 31.3 Å². The Balaban J connectivity index is 1.32. The highest BCUT2D eigenvalue weighted by Gasteiger charge is 2.36. The highest BCUT2D eigenvalue weighted by molar-refractivity contribution is 6.20. The highest BCUT2D eigenvalue weighted by atomic mass is 16.2. The number of fused-ring (bicyclic) bond motifs is 1. The number of benzene rings is 3. The average molecular weight is 493 g/mol. The van der Waals surface area contributed by atoms with Crippen LogP contribution < -0.4 is 15.5 Å². The van der Waals surface area contributed by atoms with E-state index in [1.165, 1.54) is 0 Å². The molecule has 1 aliphatic carbocycles. The van der Waals surface area contributed by atoms with E-state index in [-0.39, 0.29) is 5.91 Å². The summed E-state index contributed by atoms with van der Waals surface area (Å²) < 4.78 is 0. The Bertz CT molecular complexity index is 1460. The van der Waals surface area contributed by atoms with Crippen LogP contribution in [0.15, 0.2) is 83.9 Å². The van der Waals surface area contributed by atoms with Gasteiger partial charge in [0.25, 0.3) is 5.91 Å². The van der Waals surface area contributed by atoms with Gasteiger partial charge in [0.2, 0.25) is 12.0 Å². The summed E-state index contributed by atoms with van der Waals surface area (Å²) in [5, 5.41) is 19.5. The van der Waals surface area contributed by atoms with Gasteiger partial charge in [-0.2, -0.15) is 5.21 Å². The second-order valence-electron chi connectivity index (χ2n) is 9.07. The van der Waals surface area contributed by atoms with E-state index in [1.807, 2.05) is 60.7 Å². The van der Waals surface area contributed by atoms with Crippen molar-refractivity contribution in [2.45, 2.75) is 19.0 Å². The molecule has 0 spiro atoms. The lowest BCUT2D eigenvalue weighted by Gasteiger charge is -2.25. The first-order valence-electron chi connectivity index (χ1n) is 12.1. The van der Waals surface area contributed by atoms with Gasteiger partial charge < -0.3 is 15.5 Å². The van der Waals surface area contributed by atoms with Crippen molar-refractivity contribution in [2.75, 3.05) is 16.8 Å². The van der Waals surface area contributed by atoms with Gasteiger partial charge >= 0.3 is 6.03 Å². The topological polar surface area (TPSA) is 128 Å². The van der Waals surface area contributed by atoms with Gasteiger partial charge in [-0.15, -0.1) is 10.2 Å². The largest absolute Gasteiger partial charge is 0.321 e. The first kappa shape index (κ1) is 22.6. The monoisotopic (exact) mass is 492 g/mol. The minimum atomic E-state index is -1.10. The second kappa shape index (κ2) is 9.65. The van der Waals surface area contributed by atoms with Gasteiger partial charge in [0.1, 0.15) is 0 Å². The predicted molar refractivity (Wildman–Crippen MR) is 139 cm³/mol. The van der Waals surface area contributed by atoms with Gasteiger partial charge in [0.15, 0.2) is 0 Å². The van der Waals surface area contributed by atoms with Crippen LogP contribution in [0.4, 0.5) is 16.2 Å². The van der Waals surface area contributed by atoms with E-state index < -0.39 is 12.2 Å². The molecule has 3 N–H and O–H groups in total. The zero-order chi connectivity index (χ0) is 25.2. The smallest absolute Gasteiger partial charge is 0.308 e. The minimum absolute atomic E-state index is 0.263. The van der Waals surface area contributed by atoms with Crippen molar-refractivity contribution in [3.05, 3.63) is 90.0 Å². The molecule has 0 saturated heterocycles. The number of amides is 3. The number of urea groups is 1. The fraction of sp³-hybridized carbons (Fsp3) is 0.185. The Labute approximate surface area is 212 Å². The molecular weight excluding hydrogens is 468 g/mol. The first-order valence-corrected chi connectivity index (χ1v) is 12.1. The Morgan fingerprint density at radius 3 is 2.54 bits per heavy atom. The van der Waals surface area contributed by atoms with Gasteiger partial charge in [0.05, 0.1) is 11.4 Å². The Kier molecular flexibility index (Phi) is 5.89. The number of hydrogen-bond donors (Lipinski definition) is 3. The normalized spacial score (nSPS) is 17.0. The molecule has 4 aromatic rings. The van der Waals surface area contributed by atoms with Crippen LogP contribution in [-0.4, -0.2) is 51.0 Å². The number of anilines is 2. The van der Waals surface area contributed by atoms with E-state index >= 15 is 0 Å². The number of rotatable bonds is 6. The molecule has 1 unspecified atom stereocenters. The number of hydrogen-bond acceptors (Lipinski definition) is 6. The number of aromatic amines is 1. The summed E-state index contributed by atoms with van der Waals surface area (Å²) in [5.74, 6) is 0.604. The molecule has 1 saturated carbocycles. The third-order valence-electron chi connectivity index (χ3n) is 6.38. The molecule has 6 rings (SSSR count). The predicted octanol–water partition coefficient (Wildman–Crippen LogP) is 3.61. The number of para-hydroxylation sites is 1. The van der Waals surface area contributed by atoms with Crippen LogP contribution in [-0.2, 0) is 4.79 Å². The molecule has 1 aliphatic heterocycles. The molecule has 10 heteroatoms. The molecule has 3 amide bonds. The van der Waals surface area contributed by atoms with Crippen molar-refractivity contribution >= 4 is 29.0 Å². The molecule has 1 atom stereocenters. The third kappa shape index (κ3) is 4.81. The number of carbonyl (C=O) groups excluding carboxylic acids is 2. The summed E-state index contributed by atoms with van der Waals surface area (Å²) >= 11 is 0. The fourth-order valence-corrected chi connectivity index (χ4v) is 4.41. The molecule has 2 aliphatic rings. The summed E-state index contributed by atoms with van der Waals surface area (Å²) in [6.07, 6.45) is 1.09. The van der Waals surface area contributed by atoms with Crippen molar-refractivity contribution < 1.29 is 9.59 Å². The summed E-state index contributed by atoms with van der Waals surface area (Å²) in [6, 6.07) is 24.0. The SMILES string of the molecule is O=C(Nc1cccc(-c2nn[nH]n2)c1)NC1N=C(c2ccccc2)c2ccccc2N(CC2CC2)C1=O. The van der Waals surface area contributed by atoms with Gasteiger partial charge in [-0.3, -0.25) is 4.79 Å². The summed E-state index contributed by atoms with van der Waals surface area (Å²) in [5.41, 5.74) is 4.40. The number of nitrogens with one attached hydrogen (secondary N) is 3. The summed E-state index contributed by atoms with van der Waals surface area (Å²) in [4.78, 5) is 33.5. The molecule has 37 heavy (non-hydrogen) atoms. The van der Waals surface area contributed by atoms with Crippen LogP contribution in [0.25, 0.3) is 11.4 Å². The van der Waals surface area contributed by atoms with E-state index in [9.17, 15) is 9.59 Å². The zero-order valence-corrected chi connectivity index (χ0v) is 19.8. The van der Waals surface area contributed by atoms with Crippen molar-refractivity contribution in [1.29, 1.82) is 0 Å². The quantitative estimate of drug-likeness (QED) is 0.379. The van der Waals surface area contributed by atoms with Crippen LogP contribution in [0.2, 0.25) is 0 Å². The Morgan fingerprint density at radius 1 is 0.973 bits per heavy atom. The molecule has 0 bridgehead atoms. The molecule has 184 valence electrons. The van der Waals surface area contributed by atoms with Crippen molar-refractivity contribution in [2.24, 2.45) is 10.9 Å². The number of benzodiazepines with no additional fused rings is 1. The van der Waals surface area contributed by atoms with Crippen LogP contribution in [0, 0.1) is 5.92 Å². The zero-order valence-electron chi connectivity index (χ0n) is 19.8. The van der Waals surface area contributed by atoms with E-state index in [4.69, 9.17) is 4.99 Å². The van der Waals surface area contributed by atoms with E-state index in [0.29, 0.717) is 35.2 Å². The molecule has 0 radical (unpaired) electrons. The summed E-state index contributed by atoms with van der Waals surface area (Å²) in [6.45, 7) is 0.597. The summed E-state index contributed by atoms with van der Waals surface area (Å²) in [7, 11) is 0. The Hall–Kier alpha value is -4.86. The molecule has 3 aromatic carbocycles. The maximum absolute atomic E-state index is 13.8. The van der Waals surface area contributed by atoms with Crippen LogP contribution in [0.3, 0.4) is 0 Å². The lowest BCUT2D eigenvalue weighted by atomic mass is 10.00. The lowest BCUT2D eigenvalue weighted by molar-refractivity contribution is -0.120. The molecule has 2 heterocycles. The standard InChI is InChI=1S/C27H24N8O2/c36-26-25(30-27(37)28-20-10-6-9-19(15-20)24-31-33-34-32-24)29-23(18-7-2-1-3-8-18)21-11-4-5-12-22(21)35(26)16-17-13-14-17/h1-12,15,17,25H,13-14,16H2,(H2,28,30,37)(H,31,32,33,34). The van der Waals surface area contributed by atoms with E-state index in [0.717, 1.165) is 29.7 Å². The van der Waals surface area contributed by atoms with Crippen molar-refractivity contribution in [3.8, 4) is 11.4 Å². The molecule has 10 nitrogen and oxygen atoms in total. The maximum Gasteiger partial charge on any atom is 0.321 e. The third-order valence-corrected chi connectivity index (χ3v) is 6.38. The first-order chi connectivity index (χ1) is 18.2. The lowest BCUT2D eigenvalue weighted by Crippen LogP contribution is -2.49. The van der Waals surface area contributed by atoms with Crippen LogP contribution in [0.5, 0.6) is 0 Å². The minimum Gasteiger partial charge on any atom is -0.308 e. The molecule has 1 fully saturated rings. The van der Waals surface area contributed by atoms with Crippen molar-refractivity contribution in [1.82, 2.24) is 25.9 Å². The number of aromatic nitrogens is 4. The van der Waals surface area contributed by atoms with Crippen molar-refractivity contribution in [3.63, 3.8) is 0 Å². The van der Waals surface area contributed by atoms with E-state index in [1.54, 1.807) is 23.1 Å². The number of aliphatic imine (C=N–C) groups is 1. The number of H-pyrrole nitrogens is 1. The second-order valence-corrected chi connectivity index (χ2v) is 9.07. The Morgan fingerprint density at radius 2 is 1.76 bits per heavy atom. The number of tetrazole rings is 1. The highest BCUT2D eigenvalue weighted by Crippen LogP contribution is 2.35. The number of carbonyl (C=O) groups is 2.